The summed E-state index contributed by atoms with van der Waals surface area (Å²) in [6.07, 6.45) is 10.6. The highest BCUT2D eigenvalue weighted by Crippen LogP contribution is 2.57. The first kappa shape index (κ1) is 24.4. The standard InChI is InChI=1S/C30H36N4O2/c1-20(2)21-6-9-24-22(16-21)8-11-28-29(3,12-5-13-30(24,28)4)19-33-25-10-7-23(17-27(25)34(35)36)26-18-31-14-15-32-26/h6-7,9-10,14-18,20,28,33H,5,8,11-13,19H2,1-4H3/t28-,29+,30+/m0/s1. The summed E-state index contributed by atoms with van der Waals surface area (Å²) in [5.41, 5.74) is 6.63. The smallest absolute Gasteiger partial charge is 0.292 e. The zero-order chi connectivity index (χ0) is 25.5. The van der Waals surface area contributed by atoms with Crippen molar-refractivity contribution in [2.45, 2.75) is 71.1 Å². The van der Waals surface area contributed by atoms with Gasteiger partial charge in [-0.1, -0.05) is 58.4 Å². The van der Waals surface area contributed by atoms with Crippen molar-refractivity contribution < 1.29 is 4.92 Å². The fourth-order valence-electron chi connectivity index (χ4n) is 6.95. The second kappa shape index (κ2) is 9.30. The van der Waals surface area contributed by atoms with E-state index in [2.05, 4.69) is 61.2 Å². The van der Waals surface area contributed by atoms with Crippen LogP contribution in [0.3, 0.4) is 0 Å². The van der Waals surface area contributed by atoms with Crippen LogP contribution in [-0.2, 0) is 11.8 Å². The molecule has 2 aliphatic rings. The fourth-order valence-corrected chi connectivity index (χ4v) is 6.95. The number of anilines is 1. The Balaban J connectivity index is 1.41. The van der Waals surface area contributed by atoms with E-state index in [1.54, 1.807) is 24.7 Å². The highest BCUT2D eigenvalue weighted by molar-refractivity contribution is 5.71. The Morgan fingerprint density at radius 1 is 1.14 bits per heavy atom. The van der Waals surface area contributed by atoms with Crippen LogP contribution >= 0.6 is 0 Å². The van der Waals surface area contributed by atoms with Crippen molar-refractivity contribution in [1.29, 1.82) is 0 Å². The van der Waals surface area contributed by atoms with Crippen molar-refractivity contribution in [3.63, 3.8) is 0 Å². The summed E-state index contributed by atoms with van der Waals surface area (Å²) in [5.74, 6) is 1.07. The van der Waals surface area contributed by atoms with Crippen LogP contribution in [0, 0.1) is 21.4 Å². The molecule has 188 valence electrons. The lowest BCUT2D eigenvalue weighted by Crippen LogP contribution is -2.51. The molecule has 3 aromatic rings. The molecule has 0 aliphatic heterocycles. The number of fused-ring (bicyclic) bond motifs is 3. The normalized spacial score (nSPS) is 25.2. The number of nitro benzene ring substituents is 1. The van der Waals surface area contributed by atoms with Crippen LogP contribution in [0.25, 0.3) is 11.3 Å². The molecule has 5 rings (SSSR count). The predicted octanol–water partition coefficient (Wildman–Crippen LogP) is 7.30. The van der Waals surface area contributed by atoms with Crippen LogP contribution in [0.2, 0.25) is 0 Å². The average Bonchev–Trinajstić information content (AvgIpc) is 2.87. The summed E-state index contributed by atoms with van der Waals surface area (Å²) >= 11 is 0. The van der Waals surface area contributed by atoms with Crippen molar-refractivity contribution in [3.8, 4) is 11.3 Å². The van der Waals surface area contributed by atoms with Gasteiger partial charge in [0.25, 0.3) is 5.69 Å². The Bertz CT molecular complexity index is 1280. The SMILES string of the molecule is CC(C)c1ccc2c(c1)CC[C@H]1[C@@](C)(CNc3ccc(-c4cnccn4)cc3[N+](=O)[O-])CCC[C@]21C. The Morgan fingerprint density at radius 2 is 1.97 bits per heavy atom. The second-order valence-corrected chi connectivity index (χ2v) is 11.5. The average molecular weight is 485 g/mol. The summed E-state index contributed by atoms with van der Waals surface area (Å²) < 4.78 is 0. The Morgan fingerprint density at radius 3 is 2.69 bits per heavy atom. The molecule has 0 unspecified atom stereocenters. The number of rotatable bonds is 6. The van der Waals surface area contributed by atoms with Gasteiger partial charge in [0.2, 0.25) is 0 Å². The van der Waals surface area contributed by atoms with Gasteiger partial charge in [0, 0.05) is 30.6 Å². The van der Waals surface area contributed by atoms with E-state index in [0.29, 0.717) is 28.8 Å². The predicted molar refractivity (Wildman–Crippen MR) is 144 cm³/mol. The van der Waals surface area contributed by atoms with E-state index < -0.39 is 0 Å². The molecule has 6 heteroatoms. The lowest BCUT2D eigenvalue weighted by Gasteiger charge is -2.55. The van der Waals surface area contributed by atoms with E-state index in [9.17, 15) is 10.1 Å². The molecule has 3 atom stereocenters. The van der Waals surface area contributed by atoms with Crippen molar-refractivity contribution in [2.24, 2.45) is 11.3 Å². The number of nitrogens with zero attached hydrogens (tertiary/aromatic N) is 3. The highest BCUT2D eigenvalue weighted by atomic mass is 16.6. The number of nitro groups is 1. The van der Waals surface area contributed by atoms with E-state index in [4.69, 9.17) is 0 Å². The third-order valence-electron chi connectivity index (χ3n) is 8.90. The third-order valence-corrected chi connectivity index (χ3v) is 8.90. The molecule has 0 spiro atoms. The van der Waals surface area contributed by atoms with E-state index in [0.717, 1.165) is 25.8 Å². The molecule has 0 saturated heterocycles. The monoisotopic (exact) mass is 484 g/mol. The maximum absolute atomic E-state index is 12.0. The molecule has 6 nitrogen and oxygen atoms in total. The van der Waals surface area contributed by atoms with Crippen molar-refractivity contribution in [3.05, 3.63) is 81.8 Å². The van der Waals surface area contributed by atoms with E-state index in [1.807, 2.05) is 12.1 Å². The van der Waals surface area contributed by atoms with Crippen LogP contribution in [0.1, 0.15) is 76.0 Å². The Labute approximate surface area is 213 Å². The molecule has 2 aromatic carbocycles. The van der Waals surface area contributed by atoms with Crippen LogP contribution in [-0.4, -0.2) is 21.4 Å². The van der Waals surface area contributed by atoms with Gasteiger partial charge in [0.1, 0.15) is 5.69 Å². The Kier molecular flexibility index (Phi) is 6.31. The minimum absolute atomic E-state index is 0.0544. The van der Waals surface area contributed by atoms with Gasteiger partial charge in [-0.15, -0.1) is 0 Å². The summed E-state index contributed by atoms with van der Waals surface area (Å²) in [4.78, 5) is 20.0. The van der Waals surface area contributed by atoms with Gasteiger partial charge >= 0.3 is 0 Å². The molecule has 1 aromatic heterocycles. The quantitative estimate of drug-likeness (QED) is 0.293. The van der Waals surface area contributed by atoms with Crippen molar-refractivity contribution in [1.82, 2.24) is 9.97 Å². The van der Waals surface area contributed by atoms with Gasteiger partial charge in [0.15, 0.2) is 0 Å². The van der Waals surface area contributed by atoms with Crippen LogP contribution in [0.5, 0.6) is 0 Å². The van der Waals surface area contributed by atoms with Gasteiger partial charge in [-0.25, -0.2) is 0 Å². The van der Waals surface area contributed by atoms with E-state index in [-0.39, 0.29) is 21.4 Å². The molecule has 1 fully saturated rings. The van der Waals surface area contributed by atoms with Gasteiger partial charge in [-0.05, 0) is 71.1 Å². The number of hydrogen-bond donors (Lipinski definition) is 1. The van der Waals surface area contributed by atoms with Gasteiger partial charge in [-0.3, -0.25) is 20.1 Å². The van der Waals surface area contributed by atoms with Gasteiger partial charge in [-0.2, -0.15) is 0 Å². The van der Waals surface area contributed by atoms with Crippen LogP contribution in [0.4, 0.5) is 11.4 Å². The molecule has 1 saturated carbocycles. The number of aryl methyl sites for hydroxylation is 1. The number of hydrogen-bond acceptors (Lipinski definition) is 5. The molecule has 0 radical (unpaired) electrons. The van der Waals surface area contributed by atoms with Crippen molar-refractivity contribution in [2.75, 3.05) is 11.9 Å². The minimum Gasteiger partial charge on any atom is -0.379 e. The zero-order valence-corrected chi connectivity index (χ0v) is 21.8. The molecular weight excluding hydrogens is 448 g/mol. The summed E-state index contributed by atoms with van der Waals surface area (Å²) in [7, 11) is 0. The second-order valence-electron chi connectivity index (χ2n) is 11.5. The lowest BCUT2D eigenvalue weighted by molar-refractivity contribution is -0.383. The molecule has 1 heterocycles. The van der Waals surface area contributed by atoms with Crippen LogP contribution < -0.4 is 5.32 Å². The summed E-state index contributed by atoms with van der Waals surface area (Å²) in [5, 5.41) is 15.5. The van der Waals surface area contributed by atoms with Crippen molar-refractivity contribution >= 4 is 11.4 Å². The zero-order valence-electron chi connectivity index (χ0n) is 21.8. The minimum atomic E-state index is -0.307. The topological polar surface area (TPSA) is 81.0 Å². The molecule has 36 heavy (non-hydrogen) atoms. The first-order chi connectivity index (χ1) is 17.2. The Hall–Kier alpha value is -3.28. The maximum atomic E-state index is 12.0. The number of nitrogens with one attached hydrogen (secondary N) is 1. The fraction of sp³-hybridized carbons (Fsp3) is 0.467. The van der Waals surface area contributed by atoms with Gasteiger partial charge < -0.3 is 5.32 Å². The summed E-state index contributed by atoms with van der Waals surface area (Å²) in [6, 6.07) is 12.5. The van der Waals surface area contributed by atoms with E-state index in [1.165, 1.54) is 29.5 Å². The molecule has 0 amide bonds. The van der Waals surface area contributed by atoms with Crippen LogP contribution in [0.15, 0.2) is 55.0 Å². The number of aromatic nitrogens is 2. The maximum Gasteiger partial charge on any atom is 0.292 e. The van der Waals surface area contributed by atoms with E-state index >= 15 is 0 Å². The summed E-state index contributed by atoms with van der Waals surface area (Å²) in [6.45, 7) is 10.1. The number of benzene rings is 2. The highest BCUT2D eigenvalue weighted by Gasteiger charge is 2.51. The largest absolute Gasteiger partial charge is 0.379 e. The first-order valence-corrected chi connectivity index (χ1v) is 13.1. The molecule has 1 N–H and O–H groups in total. The molecule has 0 bridgehead atoms. The first-order valence-electron chi connectivity index (χ1n) is 13.1. The molecular formula is C30H36N4O2. The molecule has 2 aliphatic carbocycles. The van der Waals surface area contributed by atoms with Gasteiger partial charge in [0.05, 0.1) is 16.8 Å². The lowest BCUT2D eigenvalue weighted by atomic mass is 9.49. The third kappa shape index (κ3) is 4.27.